The first-order valence-corrected chi connectivity index (χ1v) is 5.82. The van der Waals surface area contributed by atoms with Crippen molar-refractivity contribution in [3.63, 3.8) is 0 Å². The predicted octanol–water partition coefficient (Wildman–Crippen LogP) is 1.53. The fourth-order valence-corrected chi connectivity index (χ4v) is 1.48. The summed E-state index contributed by atoms with van der Waals surface area (Å²) in [7, 11) is 0. The van der Waals surface area contributed by atoms with Crippen molar-refractivity contribution in [2.75, 3.05) is 23.7 Å². The molecule has 0 spiro atoms. The molecule has 1 unspecified atom stereocenters. The Kier molecular flexibility index (Phi) is 5.42. The number of nitrogens with one attached hydrogen (secondary N) is 2. The SMILES string of the molecule is C=CCNc1cc(NC(C)CCN)nc(C)n1. The molecule has 1 rings (SSSR count). The second-order valence-electron chi connectivity index (χ2n) is 3.98. The average molecular weight is 235 g/mol. The normalized spacial score (nSPS) is 11.9. The van der Waals surface area contributed by atoms with E-state index in [1.807, 2.05) is 13.0 Å². The van der Waals surface area contributed by atoms with E-state index in [0.29, 0.717) is 19.1 Å². The molecule has 0 aromatic carbocycles. The minimum absolute atomic E-state index is 0.307. The van der Waals surface area contributed by atoms with Crippen molar-refractivity contribution >= 4 is 11.6 Å². The van der Waals surface area contributed by atoms with Gasteiger partial charge < -0.3 is 16.4 Å². The average Bonchev–Trinajstić information content (AvgIpc) is 2.25. The van der Waals surface area contributed by atoms with E-state index in [0.717, 1.165) is 23.9 Å². The number of aryl methyl sites for hydroxylation is 1. The highest BCUT2D eigenvalue weighted by atomic mass is 15.1. The Morgan fingerprint density at radius 2 is 2.18 bits per heavy atom. The topological polar surface area (TPSA) is 75.9 Å². The van der Waals surface area contributed by atoms with Crippen molar-refractivity contribution in [1.82, 2.24) is 9.97 Å². The standard InChI is InChI=1S/C12H21N5/c1-4-7-14-11-8-12(17-10(3)16-11)15-9(2)5-6-13/h4,8-9H,1,5-7,13H2,2-3H3,(H2,14,15,16,17). The maximum absolute atomic E-state index is 5.51. The van der Waals surface area contributed by atoms with E-state index in [9.17, 15) is 0 Å². The summed E-state index contributed by atoms with van der Waals surface area (Å²) in [5, 5.41) is 6.45. The van der Waals surface area contributed by atoms with Crippen LogP contribution in [-0.4, -0.2) is 29.1 Å². The molecule has 1 atom stereocenters. The van der Waals surface area contributed by atoms with Crippen LogP contribution in [0.25, 0.3) is 0 Å². The third-order valence-corrected chi connectivity index (χ3v) is 2.26. The maximum Gasteiger partial charge on any atom is 0.132 e. The van der Waals surface area contributed by atoms with Gasteiger partial charge in [0.15, 0.2) is 0 Å². The van der Waals surface area contributed by atoms with Gasteiger partial charge in [-0.1, -0.05) is 6.08 Å². The van der Waals surface area contributed by atoms with Crippen molar-refractivity contribution < 1.29 is 0 Å². The quantitative estimate of drug-likeness (QED) is 0.625. The van der Waals surface area contributed by atoms with Gasteiger partial charge in [-0.15, -0.1) is 6.58 Å². The molecule has 1 heterocycles. The summed E-state index contributed by atoms with van der Waals surface area (Å²) in [6.07, 6.45) is 2.71. The predicted molar refractivity (Wildman–Crippen MR) is 72.2 cm³/mol. The van der Waals surface area contributed by atoms with Crippen LogP contribution in [0.4, 0.5) is 11.6 Å². The Bertz CT molecular complexity index is 364. The first-order valence-electron chi connectivity index (χ1n) is 5.82. The number of nitrogens with zero attached hydrogens (tertiary/aromatic N) is 2. The molecule has 0 bridgehead atoms. The lowest BCUT2D eigenvalue weighted by Gasteiger charge is -2.14. The molecule has 0 saturated heterocycles. The van der Waals surface area contributed by atoms with Gasteiger partial charge in [-0.05, 0) is 26.8 Å². The molecule has 4 N–H and O–H groups in total. The lowest BCUT2D eigenvalue weighted by atomic mass is 10.2. The Morgan fingerprint density at radius 3 is 2.82 bits per heavy atom. The Labute approximate surface area is 103 Å². The zero-order valence-corrected chi connectivity index (χ0v) is 10.5. The van der Waals surface area contributed by atoms with E-state index in [4.69, 9.17) is 5.73 Å². The number of hydrogen-bond acceptors (Lipinski definition) is 5. The smallest absolute Gasteiger partial charge is 0.132 e. The zero-order chi connectivity index (χ0) is 12.7. The fourth-order valence-electron chi connectivity index (χ4n) is 1.48. The van der Waals surface area contributed by atoms with Crippen molar-refractivity contribution in [1.29, 1.82) is 0 Å². The number of anilines is 2. The van der Waals surface area contributed by atoms with Crippen LogP contribution in [0.1, 0.15) is 19.2 Å². The molecule has 0 saturated carbocycles. The van der Waals surface area contributed by atoms with Crippen LogP contribution in [0.3, 0.4) is 0 Å². The first kappa shape index (κ1) is 13.4. The molecule has 5 heteroatoms. The molecule has 1 aromatic heterocycles. The first-order chi connectivity index (χ1) is 8.15. The summed E-state index contributed by atoms with van der Waals surface area (Å²) in [5.74, 6) is 2.37. The number of nitrogens with two attached hydrogens (primary N) is 1. The molecule has 94 valence electrons. The summed E-state index contributed by atoms with van der Waals surface area (Å²) in [6.45, 7) is 8.97. The van der Waals surface area contributed by atoms with Crippen LogP contribution < -0.4 is 16.4 Å². The van der Waals surface area contributed by atoms with Crippen LogP contribution >= 0.6 is 0 Å². The molecule has 0 aliphatic carbocycles. The molecule has 0 fully saturated rings. The van der Waals surface area contributed by atoms with E-state index < -0.39 is 0 Å². The summed E-state index contributed by atoms with van der Waals surface area (Å²) >= 11 is 0. The minimum Gasteiger partial charge on any atom is -0.367 e. The van der Waals surface area contributed by atoms with Gasteiger partial charge >= 0.3 is 0 Å². The van der Waals surface area contributed by atoms with Crippen molar-refractivity contribution in [3.8, 4) is 0 Å². The summed E-state index contributed by atoms with van der Waals surface area (Å²) in [6, 6.07) is 2.20. The van der Waals surface area contributed by atoms with E-state index in [2.05, 4.69) is 34.1 Å². The Balaban J connectivity index is 2.70. The molecule has 0 radical (unpaired) electrons. The highest BCUT2D eigenvalue weighted by molar-refractivity contribution is 5.48. The van der Waals surface area contributed by atoms with Crippen LogP contribution in [0.15, 0.2) is 18.7 Å². The van der Waals surface area contributed by atoms with Gasteiger partial charge in [0.25, 0.3) is 0 Å². The third-order valence-electron chi connectivity index (χ3n) is 2.26. The van der Waals surface area contributed by atoms with Crippen molar-refractivity contribution in [2.45, 2.75) is 26.3 Å². The highest BCUT2D eigenvalue weighted by Gasteiger charge is 2.04. The lowest BCUT2D eigenvalue weighted by Crippen LogP contribution is -2.20. The summed E-state index contributed by atoms with van der Waals surface area (Å²) in [4.78, 5) is 8.63. The maximum atomic E-state index is 5.51. The largest absolute Gasteiger partial charge is 0.367 e. The second kappa shape index (κ2) is 6.85. The number of aromatic nitrogens is 2. The third kappa shape index (κ3) is 4.82. The van der Waals surface area contributed by atoms with Crippen LogP contribution in [0.2, 0.25) is 0 Å². The van der Waals surface area contributed by atoms with E-state index in [1.165, 1.54) is 0 Å². The molecule has 5 nitrogen and oxygen atoms in total. The van der Waals surface area contributed by atoms with Crippen LogP contribution in [-0.2, 0) is 0 Å². The molecule has 1 aromatic rings. The number of hydrogen-bond donors (Lipinski definition) is 3. The van der Waals surface area contributed by atoms with Gasteiger partial charge in [-0.2, -0.15) is 0 Å². The van der Waals surface area contributed by atoms with Crippen molar-refractivity contribution in [2.24, 2.45) is 5.73 Å². The molecule has 0 aliphatic rings. The minimum atomic E-state index is 0.307. The molecule has 0 amide bonds. The second-order valence-corrected chi connectivity index (χ2v) is 3.98. The van der Waals surface area contributed by atoms with Gasteiger partial charge in [0.05, 0.1) is 0 Å². The Morgan fingerprint density at radius 1 is 1.47 bits per heavy atom. The van der Waals surface area contributed by atoms with Crippen LogP contribution in [0.5, 0.6) is 0 Å². The van der Waals surface area contributed by atoms with Crippen LogP contribution in [0, 0.1) is 6.92 Å². The van der Waals surface area contributed by atoms with Gasteiger partial charge in [-0.3, -0.25) is 0 Å². The monoisotopic (exact) mass is 235 g/mol. The highest BCUT2D eigenvalue weighted by Crippen LogP contribution is 2.12. The number of rotatable bonds is 7. The van der Waals surface area contributed by atoms with Gasteiger partial charge in [0, 0.05) is 18.7 Å². The van der Waals surface area contributed by atoms with E-state index >= 15 is 0 Å². The lowest BCUT2D eigenvalue weighted by molar-refractivity contribution is 0.712. The van der Waals surface area contributed by atoms with E-state index in [-0.39, 0.29) is 0 Å². The molecular formula is C12H21N5. The van der Waals surface area contributed by atoms with E-state index in [1.54, 1.807) is 6.08 Å². The molecule has 0 aliphatic heterocycles. The van der Waals surface area contributed by atoms with Gasteiger partial charge in [0.2, 0.25) is 0 Å². The van der Waals surface area contributed by atoms with Gasteiger partial charge in [-0.25, -0.2) is 9.97 Å². The summed E-state index contributed by atoms with van der Waals surface area (Å²) in [5.41, 5.74) is 5.51. The summed E-state index contributed by atoms with van der Waals surface area (Å²) < 4.78 is 0. The molecule has 17 heavy (non-hydrogen) atoms. The Hall–Kier alpha value is -1.62. The zero-order valence-electron chi connectivity index (χ0n) is 10.5. The molecular weight excluding hydrogens is 214 g/mol. The fraction of sp³-hybridized carbons (Fsp3) is 0.500. The van der Waals surface area contributed by atoms with Gasteiger partial charge in [0.1, 0.15) is 17.5 Å². The van der Waals surface area contributed by atoms with Crippen molar-refractivity contribution in [3.05, 3.63) is 24.5 Å².